The topological polar surface area (TPSA) is 95.9 Å². The summed E-state index contributed by atoms with van der Waals surface area (Å²) < 4.78 is 5.42. The van der Waals surface area contributed by atoms with Crippen LogP contribution >= 0.6 is 0 Å². The van der Waals surface area contributed by atoms with Gasteiger partial charge in [0.05, 0.1) is 25.4 Å². The van der Waals surface area contributed by atoms with Crippen LogP contribution in [0.3, 0.4) is 0 Å². The molecule has 0 aromatic rings. The second-order valence-electron chi connectivity index (χ2n) is 22.4. The van der Waals surface area contributed by atoms with Crippen LogP contribution in [0.4, 0.5) is 0 Å². The minimum absolute atomic E-state index is 0.0431. The van der Waals surface area contributed by atoms with Gasteiger partial charge in [0.2, 0.25) is 5.91 Å². The number of amides is 1. The highest BCUT2D eigenvalue weighted by Gasteiger charge is 2.18. The van der Waals surface area contributed by atoms with E-state index < -0.39 is 12.1 Å². The molecule has 0 bridgehead atoms. The predicted octanol–water partition coefficient (Wildman–Crippen LogP) is 20.9. The van der Waals surface area contributed by atoms with E-state index in [1.165, 1.54) is 270 Å². The van der Waals surface area contributed by atoms with Crippen LogP contribution in [-0.4, -0.2) is 47.4 Å². The zero-order valence-electron chi connectivity index (χ0n) is 49.6. The van der Waals surface area contributed by atoms with Crippen LogP contribution in [0.5, 0.6) is 0 Å². The number of rotatable bonds is 61. The molecule has 0 aliphatic heterocycles. The fourth-order valence-corrected chi connectivity index (χ4v) is 10.1. The van der Waals surface area contributed by atoms with Crippen molar-refractivity contribution in [1.82, 2.24) is 5.32 Å². The number of nitrogens with one attached hydrogen (secondary N) is 1. The number of unbranched alkanes of at least 4 members (excludes halogenated alkanes) is 44. The maximum absolute atomic E-state index is 12.5. The van der Waals surface area contributed by atoms with E-state index in [1.54, 1.807) is 6.08 Å². The monoisotopic (exact) mass is 1040 g/mol. The SMILES string of the molecule is CCCCCCCCC/C=C\CCCCCCCC(=O)OCC/C=C\C/C=C\CCCCCCCCCCCCCCCCC(=O)NC(CO)C(O)/C=C/CCCCCCCCCCCCCCCCCCCC. The Morgan fingerprint density at radius 3 is 1.04 bits per heavy atom. The molecule has 6 heteroatoms. The molecule has 0 saturated carbocycles. The van der Waals surface area contributed by atoms with E-state index >= 15 is 0 Å². The van der Waals surface area contributed by atoms with Crippen molar-refractivity contribution in [2.45, 2.75) is 360 Å². The summed E-state index contributed by atoms with van der Waals surface area (Å²) in [4.78, 5) is 24.5. The summed E-state index contributed by atoms with van der Waals surface area (Å²) in [5.41, 5.74) is 0. The second kappa shape index (κ2) is 63.4. The minimum Gasteiger partial charge on any atom is -0.465 e. The molecule has 434 valence electrons. The highest BCUT2D eigenvalue weighted by Crippen LogP contribution is 2.17. The Balaban J connectivity index is 3.48. The van der Waals surface area contributed by atoms with Gasteiger partial charge in [0.1, 0.15) is 0 Å². The van der Waals surface area contributed by atoms with Gasteiger partial charge in [0, 0.05) is 12.8 Å². The highest BCUT2D eigenvalue weighted by molar-refractivity contribution is 5.76. The molecule has 0 saturated heterocycles. The molecule has 0 fully saturated rings. The van der Waals surface area contributed by atoms with Crippen LogP contribution in [0.15, 0.2) is 48.6 Å². The van der Waals surface area contributed by atoms with Gasteiger partial charge in [0.15, 0.2) is 0 Å². The molecular formula is C68H127NO5. The Hall–Kier alpha value is -2.18. The zero-order chi connectivity index (χ0) is 53.6. The van der Waals surface area contributed by atoms with Crippen molar-refractivity contribution in [2.24, 2.45) is 0 Å². The summed E-state index contributed by atoms with van der Waals surface area (Å²) in [6, 6.07) is -0.634. The smallest absolute Gasteiger partial charge is 0.305 e. The lowest BCUT2D eigenvalue weighted by Gasteiger charge is -2.20. The number of allylic oxidation sites excluding steroid dienone is 6. The molecule has 0 aliphatic rings. The maximum Gasteiger partial charge on any atom is 0.305 e. The van der Waals surface area contributed by atoms with Crippen LogP contribution in [0.25, 0.3) is 0 Å². The van der Waals surface area contributed by atoms with E-state index in [0.717, 1.165) is 51.4 Å². The minimum atomic E-state index is -0.850. The molecule has 3 N–H and O–H groups in total. The number of hydrogen-bond acceptors (Lipinski definition) is 5. The number of hydrogen-bond donors (Lipinski definition) is 3. The fourth-order valence-electron chi connectivity index (χ4n) is 10.1. The summed E-state index contributed by atoms with van der Waals surface area (Å²) in [7, 11) is 0. The number of ether oxygens (including phenoxy) is 1. The van der Waals surface area contributed by atoms with E-state index in [4.69, 9.17) is 4.74 Å². The number of carbonyl (C=O) groups excluding carboxylic acids is 2. The number of carbonyl (C=O) groups is 2. The molecule has 0 rings (SSSR count). The Morgan fingerprint density at radius 1 is 0.378 bits per heavy atom. The van der Waals surface area contributed by atoms with Gasteiger partial charge in [-0.05, 0) is 77.0 Å². The average Bonchev–Trinajstić information content (AvgIpc) is 3.40. The van der Waals surface area contributed by atoms with Gasteiger partial charge in [-0.2, -0.15) is 0 Å². The second-order valence-corrected chi connectivity index (χ2v) is 22.4. The number of aliphatic hydroxyl groups is 2. The molecule has 0 aromatic heterocycles. The number of esters is 1. The normalized spacial score (nSPS) is 12.9. The predicted molar refractivity (Wildman–Crippen MR) is 324 cm³/mol. The molecule has 1 amide bonds. The quantitative estimate of drug-likeness (QED) is 0.0320. The largest absolute Gasteiger partial charge is 0.465 e. The van der Waals surface area contributed by atoms with E-state index in [9.17, 15) is 19.8 Å². The summed E-state index contributed by atoms with van der Waals surface area (Å²) >= 11 is 0. The highest BCUT2D eigenvalue weighted by atomic mass is 16.5. The van der Waals surface area contributed by atoms with Crippen molar-refractivity contribution < 1.29 is 24.5 Å². The molecule has 6 nitrogen and oxygen atoms in total. The first-order valence-corrected chi connectivity index (χ1v) is 32.9. The van der Waals surface area contributed by atoms with Gasteiger partial charge in [-0.1, -0.05) is 306 Å². The van der Waals surface area contributed by atoms with E-state index in [-0.39, 0.29) is 18.5 Å². The van der Waals surface area contributed by atoms with Gasteiger partial charge in [-0.3, -0.25) is 9.59 Å². The third-order valence-electron chi connectivity index (χ3n) is 15.1. The van der Waals surface area contributed by atoms with Crippen LogP contribution in [0.2, 0.25) is 0 Å². The van der Waals surface area contributed by atoms with E-state index in [1.807, 2.05) is 6.08 Å². The molecular weight excluding hydrogens is 911 g/mol. The Labute approximate surface area is 461 Å². The van der Waals surface area contributed by atoms with Gasteiger partial charge in [-0.15, -0.1) is 0 Å². The Kier molecular flexibility index (Phi) is 61.5. The van der Waals surface area contributed by atoms with Crippen molar-refractivity contribution >= 4 is 11.9 Å². The Bertz CT molecular complexity index is 1240. The lowest BCUT2D eigenvalue weighted by atomic mass is 10.0. The fraction of sp³-hybridized carbons (Fsp3) is 0.853. The van der Waals surface area contributed by atoms with Crippen LogP contribution in [0, 0.1) is 0 Å². The molecule has 2 atom stereocenters. The van der Waals surface area contributed by atoms with Crippen molar-refractivity contribution in [2.75, 3.05) is 13.2 Å². The van der Waals surface area contributed by atoms with Crippen LogP contribution in [0.1, 0.15) is 348 Å². The van der Waals surface area contributed by atoms with E-state index in [0.29, 0.717) is 19.4 Å². The van der Waals surface area contributed by atoms with Crippen molar-refractivity contribution in [3.8, 4) is 0 Å². The van der Waals surface area contributed by atoms with E-state index in [2.05, 4.69) is 55.6 Å². The van der Waals surface area contributed by atoms with Gasteiger partial charge in [-0.25, -0.2) is 0 Å². The maximum atomic E-state index is 12.5. The van der Waals surface area contributed by atoms with Crippen LogP contribution in [-0.2, 0) is 14.3 Å². The van der Waals surface area contributed by atoms with Gasteiger partial charge >= 0.3 is 5.97 Å². The number of aliphatic hydroxyl groups excluding tert-OH is 2. The average molecular weight is 1040 g/mol. The summed E-state index contributed by atoms with van der Waals surface area (Å²) in [5, 5.41) is 23.2. The van der Waals surface area contributed by atoms with Gasteiger partial charge < -0.3 is 20.3 Å². The van der Waals surface area contributed by atoms with Crippen LogP contribution < -0.4 is 5.32 Å². The molecule has 2 unspecified atom stereocenters. The first-order chi connectivity index (χ1) is 36.5. The van der Waals surface area contributed by atoms with Crippen molar-refractivity contribution in [3.05, 3.63) is 48.6 Å². The van der Waals surface area contributed by atoms with Gasteiger partial charge in [0.25, 0.3) is 0 Å². The Morgan fingerprint density at radius 2 is 0.676 bits per heavy atom. The lowest BCUT2D eigenvalue weighted by molar-refractivity contribution is -0.143. The molecule has 0 aromatic carbocycles. The summed E-state index contributed by atoms with van der Waals surface area (Å²) in [5.74, 6) is -0.114. The molecule has 0 radical (unpaired) electrons. The summed E-state index contributed by atoms with van der Waals surface area (Å²) in [6.45, 7) is 4.81. The zero-order valence-corrected chi connectivity index (χ0v) is 49.6. The lowest BCUT2D eigenvalue weighted by Crippen LogP contribution is -2.45. The molecule has 74 heavy (non-hydrogen) atoms. The first-order valence-electron chi connectivity index (χ1n) is 32.9. The van der Waals surface area contributed by atoms with Crippen molar-refractivity contribution in [3.63, 3.8) is 0 Å². The standard InChI is InChI=1S/C68H127NO5/c1-3-5-7-9-11-13-15-17-19-21-22-26-29-32-36-40-44-48-52-56-60-66(71)65(64-70)69-67(72)61-57-53-49-45-41-37-33-30-27-24-23-25-28-31-35-39-43-47-51-55-59-63-74-68(73)62-58-54-50-46-42-38-34-20-18-16-14-12-10-8-6-4-2/h20,34,39,43,51,55-56,60,65-66,70-71H,3-19,21-33,35-38,40-42,44-50,52-54,57-59,61-64H2,1-2H3,(H,69,72)/b34-20-,43-39-,55-51-,60-56+. The first kappa shape index (κ1) is 71.8. The summed E-state index contributed by atoms with van der Waals surface area (Å²) in [6.07, 6.45) is 81.8. The van der Waals surface area contributed by atoms with Crippen molar-refractivity contribution in [1.29, 1.82) is 0 Å². The molecule has 0 heterocycles. The third kappa shape index (κ3) is 59.1. The third-order valence-corrected chi connectivity index (χ3v) is 15.1. The molecule has 0 spiro atoms. The molecule has 0 aliphatic carbocycles.